The summed E-state index contributed by atoms with van der Waals surface area (Å²) >= 11 is 0. The smallest absolute Gasteiger partial charge is 0.243 e. The number of carbonyl (C=O) groups is 2. The summed E-state index contributed by atoms with van der Waals surface area (Å²) in [4.78, 5) is 28.7. The van der Waals surface area contributed by atoms with Gasteiger partial charge in [-0.1, -0.05) is 43.3 Å². The van der Waals surface area contributed by atoms with Crippen LogP contribution in [0.4, 0.5) is 5.69 Å². The molecule has 1 N–H and O–H groups in total. The Kier molecular flexibility index (Phi) is 8.87. The van der Waals surface area contributed by atoms with Gasteiger partial charge in [0, 0.05) is 19.3 Å². The highest BCUT2D eigenvalue weighted by Crippen LogP contribution is 2.18. The lowest BCUT2D eigenvalue weighted by Crippen LogP contribution is -2.46. The first kappa shape index (κ1) is 23.4. The molecule has 2 aromatic rings. The van der Waals surface area contributed by atoms with Crippen molar-refractivity contribution in [2.24, 2.45) is 0 Å². The largest absolute Gasteiger partial charge is 0.496 e. The van der Waals surface area contributed by atoms with E-state index >= 15 is 0 Å². The number of nitrogens with one attached hydrogen (secondary N) is 1. The van der Waals surface area contributed by atoms with E-state index in [2.05, 4.69) is 5.32 Å². The summed E-state index contributed by atoms with van der Waals surface area (Å²) in [6, 6.07) is 15.3. The van der Waals surface area contributed by atoms with Crippen LogP contribution in [0.1, 0.15) is 25.0 Å². The molecule has 2 aromatic carbocycles. The first-order valence-electron chi connectivity index (χ1n) is 10.3. The standard InChI is InChI=1S/C24H33N3O3/c1-6-19-11-7-9-13-21(19)25-23(28)17-27(4)24(29)18(2)26(3)16-15-20-12-8-10-14-22(20)30-5/h7-14,18H,6,15-17H2,1-5H3,(H,25,28). The maximum Gasteiger partial charge on any atom is 0.243 e. The molecule has 6 nitrogen and oxygen atoms in total. The molecule has 0 saturated heterocycles. The number of hydrogen-bond donors (Lipinski definition) is 1. The van der Waals surface area contributed by atoms with Crippen LogP contribution in [0.15, 0.2) is 48.5 Å². The summed E-state index contributed by atoms with van der Waals surface area (Å²) in [6.07, 6.45) is 1.61. The van der Waals surface area contributed by atoms with Gasteiger partial charge in [-0.3, -0.25) is 14.5 Å². The van der Waals surface area contributed by atoms with Crippen molar-refractivity contribution in [3.8, 4) is 5.75 Å². The third-order valence-corrected chi connectivity index (χ3v) is 5.37. The van der Waals surface area contributed by atoms with E-state index in [0.29, 0.717) is 6.54 Å². The molecule has 162 valence electrons. The van der Waals surface area contributed by atoms with Crippen molar-refractivity contribution in [1.82, 2.24) is 9.80 Å². The topological polar surface area (TPSA) is 61.9 Å². The molecule has 0 bridgehead atoms. The Morgan fingerprint density at radius 1 is 1.03 bits per heavy atom. The van der Waals surface area contributed by atoms with Gasteiger partial charge in [-0.05, 0) is 50.1 Å². The number of hydrogen-bond acceptors (Lipinski definition) is 4. The third kappa shape index (κ3) is 6.32. The molecule has 0 spiro atoms. The van der Waals surface area contributed by atoms with Crippen molar-refractivity contribution >= 4 is 17.5 Å². The number of rotatable bonds is 10. The minimum atomic E-state index is -0.333. The summed E-state index contributed by atoms with van der Waals surface area (Å²) in [6.45, 7) is 4.63. The Bertz CT molecular complexity index is 853. The van der Waals surface area contributed by atoms with E-state index in [-0.39, 0.29) is 24.4 Å². The zero-order valence-electron chi connectivity index (χ0n) is 18.6. The van der Waals surface area contributed by atoms with Gasteiger partial charge >= 0.3 is 0 Å². The fourth-order valence-electron chi connectivity index (χ4n) is 3.34. The Balaban J connectivity index is 1.88. The first-order chi connectivity index (χ1) is 14.4. The number of nitrogens with zero attached hydrogens (tertiary/aromatic N) is 2. The summed E-state index contributed by atoms with van der Waals surface area (Å²) in [5.74, 6) is 0.568. The van der Waals surface area contributed by atoms with Gasteiger partial charge in [-0.2, -0.15) is 0 Å². The zero-order chi connectivity index (χ0) is 22.1. The molecule has 30 heavy (non-hydrogen) atoms. The lowest BCUT2D eigenvalue weighted by Gasteiger charge is -2.28. The molecule has 0 aliphatic heterocycles. The first-order valence-corrected chi connectivity index (χ1v) is 10.3. The van der Waals surface area contributed by atoms with Gasteiger partial charge in [-0.15, -0.1) is 0 Å². The number of benzene rings is 2. The van der Waals surface area contributed by atoms with E-state index in [0.717, 1.165) is 35.4 Å². The van der Waals surface area contributed by atoms with Crippen molar-refractivity contribution in [3.05, 3.63) is 59.7 Å². The van der Waals surface area contributed by atoms with Crippen LogP contribution in [0.2, 0.25) is 0 Å². The molecule has 0 radical (unpaired) electrons. The van der Waals surface area contributed by atoms with Crippen LogP contribution >= 0.6 is 0 Å². The highest BCUT2D eigenvalue weighted by atomic mass is 16.5. The molecule has 6 heteroatoms. The fourth-order valence-corrected chi connectivity index (χ4v) is 3.34. The molecule has 0 saturated carbocycles. The summed E-state index contributed by atoms with van der Waals surface area (Å²) in [7, 11) is 5.25. The average Bonchev–Trinajstić information content (AvgIpc) is 2.76. The Hall–Kier alpha value is -2.86. The van der Waals surface area contributed by atoms with Gasteiger partial charge in [0.1, 0.15) is 5.75 Å². The monoisotopic (exact) mass is 411 g/mol. The zero-order valence-corrected chi connectivity index (χ0v) is 18.6. The summed E-state index contributed by atoms with van der Waals surface area (Å²) in [5.41, 5.74) is 2.98. The van der Waals surface area contributed by atoms with Crippen LogP contribution in [-0.4, -0.2) is 62.0 Å². The second kappa shape index (κ2) is 11.4. The van der Waals surface area contributed by atoms with Gasteiger partial charge in [0.15, 0.2) is 0 Å². The SMILES string of the molecule is CCc1ccccc1NC(=O)CN(C)C(=O)C(C)N(C)CCc1ccccc1OC. The predicted octanol–water partition coefficient (Wildman–Crippen LogP) is 3.22. The lowest BCUT2D eigenvalue weighted by atomic mass is 10.1. The number of aryl methyl sites for hydroxylation is 1. The molecule has 2 rings (SSSR count). The molecule has 0 aliphatic carbocycles. The molecule has 0 aromatic heterocycles. The molecular weight excluding hydrogens is 378 g/mol. The van der Waals surface area contributed by atoms with Crippen molar-refractivity contribution in [2.75, 3.05) is 39.6 Å². The van der Waals surface area contributed by atoms with Crippen molar-refractivity contribution in [1.29, 1.82) is 0 Å². The average molecular weight is 412 g/mol. The van der Waals surface area contributed by atoms with E-state index in [9.17, 15) is 9.59 Å². The second-order valence-electron chi connectivity index (χ2n) is 7.47. The number of amides is 2. The van der Waals surface area contributed by atoms with Crippen LogP contribution in [0.3, 0.4) is 0 Å². The van der Waals surface area contributed by atoms with Crippen LogP contribution in [0.5, 0.6) is 5.75 Å². The van der Waals surface area contributed by atoms with Crippen LogP contribution in [0.25, 0.3) is 0 Å². The van der Waals surface area contributed by atoms with Crippen LogP contribution in [0, 0.1) is 0 Å². The molecule has 2 amide bonds. The minimum absolute atomic E-state index is 0.0154. The van der Waals surface area contributed by atoms with Crippen molar-refractivity contribution in [3.63, 3.8) is 0 Å². The van der Waals surface area contributed by atoms with E-state index in [4.69, 9.17) is 4.74 Å². The Morgan fingerprint density at radius 2 is 1.67 bits per heavy atom. The van der Waals surface area contributed by atoms with E-state index in [1.54, 1.807) is 14.2 Å². The molecule has 0 fully saturated rings. The van der Waals surface area contributed by atoms with E-state index in [1.165, 1.54) is 4.90 Å². The Morgan fingerprint density at radius 3 is 2.33 bits per heavy atom. The minimum Gasteiger partial charge on any atom is -0.496 e. The number of para-hydroxylation sites is 2. The molecule has 0 aliphatic rings. The quantitative estimate of drug-likeness (QED) is 0.652. The summed E-state index contributed by atoms with van der Waals surface area (Å²) in [5, 5.41) is 2.91. The summed E-state index contributed by atoms with van der Waals surface area (Å²) < 4.78 is 5.39. The van der Waals surface area contributed by atoms with Crippen molar-refractivity contribution in [2.45, 2.75) is 32.7 Å². The highest BCUT2D eigenvalue weighted by molar-refractivity contribution is 5.95. The number of methoxy groups -OCH3 is 1. The number of anilines is 1. The maximum absolute atomic E-state index is 12.8. The Labute approximate surface area is 179 Å². The van der Waals surface area contributed by atoms with E-state index in [1.807, 2.05) is 74.3 Å². The van der Waals surface area contributed by atoms with Gasteiger partial charge in [0.2, 0.25) is 11.8 Å². The molecular formula is C24H33N3O3. The third-order valence-electron chi connectivity index (χ3n) is 5.37. The number of ether oxygens (including phenoxy) is 1. The molecule has 1 atom stereocenters. The number of likely N-dealkylation sites (N-methyl/N-ethyl adjacent to an activating group) is 2. The highest BCUT2D eigenvalue weighted by Gasteiger charge is 2.23. The van der Waals surface area contributed by atoms with Crippen molar-refractivity contribution < 1.29 is 14.3 Å². The van der Waals surface area contributed by atoms with Gasteiger partial charge in [0.25, 0.3) is 0 Å². The maximum atomic E-state index is 12.8. The lowest BCUT2D eigenvalue weighted by molar-refractivity contribution is -0.137. The second-order valence-corrected chi connectivity index (χ2v) is 7.47. The number of carbonyl (C=O) groups excluding carboxylic acids is 2. The molecule has 1 unspecified atom stereocenters. The predicted molar refractivity (Wildman–Crippen MR) is 121 cm³/mol. The fraction of sp³-hybridized carbons (Fsp3) is 0.417. The van der Waals surface area contributed by atoms with Gasteiger partial charge in [-0.25, -0.2) is 0 Å². The van der Waals surface area contributed by atoms with Crippen LogP contribution in [-0.2, 0) is 22.4 Å². The van der Waals surface area contributed by atoms with E-state index < -0.39 is 0 Å². The van der Waals surface area contributed by atoms with Gasteiger partial charge < -0.3 is 15.0 Å². The molecule has 0 heterocycles. The normalized spacial score (nSPS) is 11.8. The van der Waals surface area contributed by atoms with Crippen LogP contribution < -0.4 is 10.1 Å². The van der Waals surface area contributed by atoms with Gasteiger partial charge in [0.05, 0.1) is 19.7 Å².